The van der Waals surface area contributed by atoms with Crippen LogP contribution in [0.15, 0.2) is 42.6 Å². The zero-order valence-corrected chi connectivity index (χ0v) is 14.9. The molecule has 0 aliphatic heterocycles. The molecule has 5 heteroatoms. The fourth-order valence-corrected chi connectivity index (χ4v) is 4.37. The second-order valence-electron chi connectivity index (χ2n) is 6.78. The number of fused-ring (bicyclic) bond motifs is 2. The van der Waals surface area contributed by atoms with E-state index in [0.717, 1.165) is 35.7 Å². The first-order valence-corrected chi connectivity index (χ1v) is 8.83. The summed E-state index contributed by atoms with van der Waals surface area (Å²) in [6, 6.07) is 11.0. The van der Waals surface area contributed by atoms with Crippen LogP contribution >= 0.6 is 0 Å². The van der Waals surface area contributed by atoms with Crippen molar-refractivity contribution in [3.05, 3.63) is 65.1 Å². The molecular formula is C21H21FN2O2. The van der Waals surface area contributed by atoms with Gasteiger partial charge in [0, 0.05) is 17.0 Å². The van der Waals surface area contributed by atoms with Crippen molar-refractivity contribution in [2.45, 2.75) is 31.6 Å². The van der Waals surface area contributed by atoms with Crippen molar-refractivity contribution in [2.75, 3.05) is 12.4 Å². The molecule has 1 amide bonds. The molecule has 0 spiro atoms. The van der Waals surface area contributed by atoms with Gasteiger partial charge in [-0.2, -0.15) is 0 Å². The van der Waals surface area contributed by atoms with Gasteiger partial charge in [0.1, 0.15) is 5.82 Å². The van der Waals surface area contributed by atoms with Gasteiger partial charge in [0.15, 0.2) is 0 Å². The van der Waals surface area contributed by atoms with E-state index in [2.05, 4.69) is 23.3 Å². The predicted molar refractivity (Wildman–Crippen MR) is 100 cm³/mol. The van der Waals surface area contributed by atoms with Crippen LogP contribution < -0.4 is 5.32 Å². The van der Waals surface area contributed by atoms with E-state index in [0.29, 0.717) is 5.69 Å². The number of methoxy groups -OCH3 is 1. The smallest absolute Gasteiger partial charge is 0.411 e. The third-order valence-corrected chi connectivity index (χ3v) is 5.66. The highest BCUT2D eigenvalue weighted by molar-refractivity contribution is 6.00. The Kier molecular flexibility index (Phi) is 3.94. The lowest BCUT2D eigenvalue weighted by Crippen LogP contribution is -2.23. The number of amides is 1. The van der Waals surface area contributed by atoms with Gasteiger partial charge in [-0.25, -0.2) is 9.18 Å². The lowest BCUT2D eigenvalue weighted by Gasteiger charge is -2.29. The molecule has 134 valence electrons. The molecule has 0 bridgehead atoms. The van der Waals surface area contributed by atoms with E-state index in [4.69, 9.17) is 4.74 Å². The van der Waals surface area contributed by atoms with E-state index < -0.39 is 6.09 Å². The van der Waals surface area contributed by atoms with Gasteiger partial charge in [-0.15, -0.1) is 0 Å². The Morgan fingerprint density at radius 2 is 2.15 bits per heavy atom. The average molecular weight is 352 g/mol. The summed E-state index contributed by atoms with van der Waals surface area (Å²) in [5.41, 5.74) is 4.89. The number of carbonyl (C=O) groups is 1. The fourth-order valence-electron chi connectivity index (χ4n) is 4.37. The van der Waals surface area contributed by atoms with Crippen molar-refractivity contribution in [3.63, 3.8) is 0 Å². The minimum atomic E-state index is -0.499. The second-order valence-corrected chi connectivity index (χ2v) is 6.78. The van der Waals surface area contributed by atoms with E-state index in [1.54, 1.807) is 12.1 Å². The molecule has 0 radical (unpaired) electrons. The van der Waals surface area contributed by atoms with E-state index >= 15 is 0 Å². The van der Waals surface area contributed by atoms with Gasteiger partial charge in [-0.3, -0.25) is 5.32 Å². The standard InChI is InChI=1S/C21H21FN2O2/c1-3-21(10-9-13-11-14(22)7-8-16(13)21)17-12-23-19-15(17)5-4-6-18(19)24-20(25)26-2/h4-8,11-12,23H,3,9-10H2,1-2H3,(H,24,25). The number of nitrogens with one attached hydrogen (secondary N) is 2. The quantitative estimate of drug-likeness (QED) is 0.687. The number of hydrogen-bond acceptors (Lipinski definition) is 2. The molecule has 3 aromatic rings. The number of rotatable bonds is 3. The molecule has 1 aliphatic carbocycles. The van der Waals surface area contributed by atoms with Crippen LogP contribution in [0.4, 0.5) is 14.9 Å². The molecular weight excluding hydrogens is 331 g/mol. The molecule has 0 saturated heterocycles. The number of aromatic amines is 1. The molecule has 4 nitrogen and oxygen atoms in total. The van der Waals surface area contributed by atoms with E-state index in [9.17, 15) is 9.18 Å². The summed E-state index contributed by atoms with van der Waals surface area (Å²) in [5, 5.41) is 3.82. The second kappa shape index (κ2) is 6.16. The first kappa shape index (κ1) is 16.6. The summed E-state index contributed by atoms with van der Waals surface area (Å²) in [7, 11) is 1.34. The lowest BCUT2D eigenvalue weighted by molar-refractivity contribution is 0.187. The Morgan fingerprint density at radius 3 is 2.92 bits per heavy atom. The first-order valence-electron chi connectivity index (χ1n) is 8.83. The van der Waals surface area contributed by atoms with Gasteiger partial charge < -0.3 is 9.72 Å². The highest BCUT2D eigenvalue weighted by Gasteiger charge is 2.40. The van der Waals surface area contributed by atoms with Crippen LogP contribution in [0.1, 0.15) is 36.5 Å². The third-order valence-electron chi connectivity index (χ3n) is 5.66. The number of ether oxygens (including phenoxy) is 1. The van der Waals surface area contributed by atoms with Crippen molar-refractivity contribution in [1.82, 2.24) is 4.98 Å². The van der Waals surface area contributed by atoms with Crippen molar-refractivity contribution < 1.29 is 13.9 Å². The monoisotopic (exact) mass is 352 g/mol. The van der Waals surface area contributed by atoms with Gasteiger partial charge in [0.2, 0.25) is 0 Å². The lowest BCUT2D eigenvalue weighted by atomic mass is 9.73. The Hall–Kier alpha value is -2.82. The van der Waals surface area contributed by atoms with E-state index in [1.807, 2.05) is 24.4 Å². The molecule has 2 aromatic carbocycles. The zero-order chi connectivity index (χ0) is 18.3. The minimum absolute atomic E-state index is 0.148. The summed E-state index contributed by atoms with van der Waals surface area (Å²) in [5.74, 6) is -0.181. The molecule has 2 N–H and O–H groups in total. The van der Waals surface area contributed by atoms with Gasteiger partial charge in [0.05, 0.1) is 18.3 Å². The number of H-pyrrole nitrogens is 1. The molecule has 1 heterocycles. The van der Waals surface area contributed by atoms with Crippen LogP contribution in [-0.4, -0.2) is 18.2 Å². The van der Waals surface area contributed by atoms with Gasteiger partial charge in [0.25, 0.3) is 0 Å². The first-order chi connectivity index (χ1) is 12.6. The summed E-state index contributed by atoms with van der Waals surface area (Å²) in [6.45, 7) is 2.17. The molecule has 1 aliphatic rings. The van der Waals surface area contributed by atoms with Crippen LogP contribution in [-0.2, 0) is 16.6 Å². The van der Waals surface area contributed by atoms with Crippen molar-refractivity contribution in [3.8, 4) is 0 Å². The SMILES string of the molecule is CCC1(c2c[nH]c3c(NC(=O)OC)cccc23)CCc2cc(F)ccc21. The average Bonchev–Trinajstić information content (AvgIpc) is 3.24. The number of halogens is 1. The normalized spacial score (nSPS) is 18.7. The van der Waals surface area contributed by atoms with Crippen LogP contribution in [0.3, 0.4) is 0 Å². The maximum absolute atomic E-state index is 13.7. The summed E-state index contributed by atoms with van der Waals surface area (Å²) in [6.07, 6.45) is 4.26. The summed E-state index contributed by atoms with van der Waals surface area (Å²) in [4.78, 5) is 14.9. The molecule has 4 rings (SSSR count). The third kappa shape index (κ3) is 2.38. The van der Waals surface area contributed by atoms with Gasteiger partial charge in [-0.05, 0) is 54.2 Å². The molecule has 1 unspecified atom stereocenters. The molecule has 1 atom stereocenters. The molecule has 26 heavy (non-hydrogen) atoms. The highest BCUT2D eigenvalue weighted by Crippen LogP contribution is 2.49. The fraction of sp³-hybridized carbons (Fsp3) is 0.286. The van der Waals surface area contributed by atoms with Crippen molar-refractivity contribution in [2.24, 2.45) is 0 Å². The minimum Gasteiger partial charge on any atom is -0.453 e. The number of aryl methyl sites for hydroxylation is 1. The van der Waals surface area contributed by atoms with Gasteiger partial charge in [-0.1, -0.05) is 25.1 Å². The number of carbonyl (C=O) groups excluding carboxylic acids is 1. The van der Waals surface area contributed by atoms with Crippen LogP contribution in [0.2, 0.25) is 0 Å². The summed E-state index contributed by atoms with van der Waals surface area (Å²) >= 11 is 0. The number of aromatic nitrogens is 1. The maximum atomic E-state index is 13.7. The predicted octanol–water partition coefficient (Wildman–Crippen LogP) is 5.13. The zero-order valence-electron chi connectivity index (χ0n) is 14.9. The molecule has 1 aromatic heterocycles. The van der Waals surface area contributed by atoms with Crippen molar-refractivity contribution >= 4 is 22.7 Å². The van der Waals surface area contributed by atoms with Crippen molar-refractivity contribution in [1.29, 1.82) is 0 Å². The number of hydrogen-bond donors (Lipinski definition) is 2. The number of benzene rings is 2. The van der Waals surface area contributed by atoms with Crippen LogP contribution in [0, 0.1) is 5.82 Å². The molecule has 0 fully saturated rings. The Labute approximate surface area is 151 Å². The highest BCUT2D eigenvalue weighted by atomic mass is 19.1. The number of anilines is 1. The maximum Gasteiger partial charge on any atom is 0.411 e. The van der Waals surface area contributed by atoms with Crippen LogP contribution in [0.5, 0.6) is 0 Å². The Balaban J connectivity index is 1.87. The largest absolute Gasteiger partial charge is 0.453 e. The topological polar surface area (TPSA) is 54.1 Å². The Morgan fingerprint density at radius 1 is 1.31 bits per heavy atom. The summed E-state index contributed by atoms with van der Waals surface area (Å²) < 4.78 is 18.4. The molecule has 0 saturated carbocycles. The van der Waals surface area contributed by atoms with Gasteiger partial charge >= 0.3 is 6.09 Å². The van der Waals surface area contributed by atoms with E-state index in [1.165, 1.54) is 18.2 Å². The van der Waals surface area contributed by atoms with Crippen LogP contribution in [0.25, 0.3) is 10.9 Å². The number of para-hydroxylation sites is 1. The Bertz CT molecular complexity index is 995. The van der Waals surface area contributed by atoms with E-state index in [-0.39, 0.29) is 11.2 Å².